The van der Waals surface area contributed by atoms with Gasteiger partial charge in [0.1, 0.15) is 6.61 Å². The largest absolute Gasteiger partial charge is 0.485 e. The van der Waals surface area contributed by atoms with E-state index in [1.807, 2.05) is 6.07 Å². The minimum atomic E-state index is 0. The lowest BCUT2D eigenvalue weighted by molar-refractivity contribution is 0.307. The summed E-state index contributed by atoms with van der Waals surface area (Å²) in [5.41, 5.74) is 10.0. The molecule has 1 spiro atoms. The van der Waals surface area contributed by atoms with Crippen molar-refractivity contribution in [2.45, 2.75) is 31.4 Å². The third-order valence-electron chi connectivity index (χ3n) is 5.98. The molecule has 1 atom stereocenters. The number of anilines is 1. The molecule has 3 aromatic rings. The number of aryl methyl sites for hydroxylation is 1. The number of nitrogen functional groups attached to an aromatic ring is 1. The smallest absolute Gasteiger partial charge is 0.166 e. The molecule has 2 aliphatic rings. The Kier molecular flexibility index (Phi) is 5.86. The Morgan fingerprint density at radius 2 is 2.00 bits per heavy atom. The van der Waals surface area contributed by atoms with Crippen LogP contribution >= 0.6 is 35.6 Å². The summed E-state index contributed by atoms with van der Waals surface area (Å²) in [7, 11) is 0. The molecule has 1 aromatic carbocycles. The van der Waals surface area contributed by atoms with Crippen molar-refractivity contribution in [2.24, 2.45) is 0 Å². The lowest BCUT2D eigenvalue weighted by Gasteiger charge is -2.20. The van der Waals surface area contributed by atoms with E-state index in [1.54, 1.807) is 24.4 Å². The molecule has 2 aliphatic heterocycles. The van der Waals surface area contributed by atoms with Gasteiger partial charge in [0.05, 0.1) is 5.69 Å². The maximum absolute atomic E-state index is 6.24. The molecule has 5 rings (SSSR count). The van der Waals surface area contributed by atoms with Gasteiger partial charge in [0.15, 0.2) is 11.6 Å². The first-order valence-electron chi connectivity index (χ1n) is 9.66. The third-order valence-corrected chi connectivity index (χ3v) is 6.69. The summed E-state index contributed by atoms with van der Waals surface area (Å²) in [5.74, 6) is 0.809. The fourth-order valence-electron chi connectivity index (χ4n) is 4.31. The number of nitrogens with one attached hydrogen (secondary N) is 1. The van der Waals surface area contributed by atoms with Crippen molar-refractivity contribution in [3.05, 3.63) is 57.8 Å². The van der Waals surface area contributed by atoms with E-state index in [4.69, 9.17) is 38.8 Å². The second kappa shape index (κ2) is 8.27. The number of halogens is 3. The van der Waals surface area contributed by atoms with Crippen LogP contribution in [0, 0.1) is 0 Å². The molecule has 30 heavy (non-hydrogen) atoms. The molecule has 0 radical (unpaired) electrons. The van der Waals surface area contributed by atoms with Gasteiger partial charge in [0, 0.05) is 51.6 Å². The van der Waals surface area contributed by atoms with Crippen molar-refractivity contribution in [1.29, 1.82) is 0 Å². The van der Waals surface area contributed by atoms with E-state index < -0.39 is 0 Å². The van der Waals surface area contributed by atoms with Gasteiger partial charge < -0.3 is 15.8 Å². The predicted molar refractivity (Wildman–Crippen MR) is 122 cm³/mol. The molecular formula is C21H22Cl3N5O. The van der Waals surface area contributed by atoms with Crippen LogP contribution in [0.1, 0.15) is 24.1 Å². The molecule has 6 nitrogen and oxygen atoms in total. The topological polar surface area (TPSA) is 78.0 Å². The highest BCUT2D eigenvalue weighted by molar-refractivity contribution is 6.35. The van der Waals surface area contributed by atoms with Gasteiger partial charge in [-0.25, -0.2) is 4.98 Å². The van der Waals surface area contributed by atoms with Crippen LogP contribution in [0.25, 0.3) is 11.3 Å². The molecule has 3 N–H and O–H groups in total. The van der Waals surface area contributed by atoms with Crippen molar-refractivity contribution in [3.63, 3.8) is 0 Å². The van der Waals surface area contributed by atoms with Gasteiger partial charge in [0.2, 0.25) is 0 Å². The average Bonchev–Trinajstić information content (AvgIpc) is 3.42. The Balaban J connectivity index is 0.00000218. The Bertz CT molecular complexity index is 1060. The van der Waals surface area contributed by atoms with E-state index in [1.165, 1.54) is 5.69 Å². The first kappa shape index (κ1) is 21.2. The number of rotatable bonds is 4. The molecule has 0 aliphatic carbocycles. The van der Waals surface area contributed by atoms with Crippen molar-refractivity contribution >= 4 is 41.4 Å². The first-order valence-corrected chi connectivity index (χ1v) is 10.4. The number of nitrogens with zero attached hydrogens (tertiary/aromatic N) is 3. The van der Waals surface area contributed by atoms with Crippen LogP contribution in [0.2, 0.25) is 10.0 Å². The van der Waals surface area contributed by atoms with Gasteiger partial charge in [-0.1, -0.05) is 29.3 Å². The first-order chi connectivity index (χ1) is 14.1. The standard InChI is InChI=1S/C21H21Cl2N5O.ClH/c22-15-2-1-3-16(23)14(15)11-29-18-8-13(10-26-20(18)24)17-9-19-21(4-6-25-12-21)5-7-28(19)27-17;/h1-3,8-10,25H,4-7,11-12H2,(H2,24,26);1H. The Morgan fingerprint density at radius 3 is 2.73 bits per heavy atom. The minimum Gasteiger partial charge on any atom is -0.485 e. The van der Waals surface area contributed by atoms with Crippen LogP contribution in [0.5, 0.6) is 5.75 Å². The van der Waals surface area contributed by atoms with Gasteiger partial charge in [-0.05, 0) is 43.7 Å². The Labute approximate surface area is 191 Å². The van der Waals surface area contributed by atoms with Gasteiger partial charge in [-0.15, -0.1) is 12.4 Å². The Morgan fingerprint density at radius 1 is 1.20 bits per heavy atom. The summed E-state index contributed by atoms with van der Waals surface area (Å²) in [4.78, 5) is 4.31. The Hall–Kier alpha value is -1.99. The number of pyridine rings is 1. The van der Waals surface area contributed by atoms with E-state index in [0.29, 0.717) is 21.6 Å². The van der Waals surface area contributed by atoms with Crippen LogP contribution in [0.15, 0.2) is 36.5 Å². The van der Waals surface area contributed by atoms with Crippen LogP contribution in [0.4, 0.5) is 5.82 Å². The molecular weight excluding hydrogens is 445 g/mol. The molecule has 0 amide bonds. The normalized spacial score (nSPS) is 19.7. The summed E-state index contributed by atoms with van der Waals surface area (Å²) in [6, 6.07) is 9.43. The molecule has 158 valence electrons. The molecule has 0 bridgehead atoms. The highest BCUT2D eigenvalue weighted by Crippen LogP contribution is 2.41. The number of aromatic nitrogens is 3. The van der Waals surface area contributed by atoms with Crippen molar-refractivity contribution in [1.82, 2.24) is 20.1 Å². The second-order valence-corrected chi connectivity index (χ2v) is 8.51. The van der Waals surface area contributed by atoms with E-state index in [2.05, 4.69) is 21.0 Å². The van der Waals surface area contributed by atoms with Gasteiger partial charge in [-0.3, -0.25) is 4.68 Å². The molecule has 1 fully saturated rings. The van der Waals surface area contributed by atoms with E-state index in [0.717, 1.165) is 49.3 Å². The zero-order valence-corrected chi connectivity index (χ0v) is 18.5. The van der Waals surface area contributed by atoms with E-state index in [-0.39, 0.29) is 24.4 Å². The predicted octanol–water partition coefficient (Wildman–Crippen LogP) is 4.47. The van der Waals surface area contributed by atoms with Crippen molar-refractivity contribution in [2.75, 3.05) is 18.8 Å². The van der Waals surface area contributed by atoms with Crippen molar-refractivity contribution in [3.8, 4) is 17.0 Å². The maximum Gasteiger partial charge on any atom is 0.166 e. The zero-order valence-electron chi connectivity index (χ0n) is 16.2. The maximum atomic E-state index is 6.24. The van der Waals surface area contributed by atoms with Crippen LogP contribution in [-0.2, 0) is 18.6 Å². The van der Waals surface area contributed by atoms with E-state index >= 15 is 0 Å². The summed E-state index contributed by atoms with van der Waals surface area (Å²) in [6.07, 6.45) is 4.04. The fraction of sp³-hybridized carbons (Fsp3) is 0.333. The number of fused-ring (bicyclic) bond motifs is 2. The molecule has 1 saturated heterocycles. The summed E-state index contributed by atoms with van der Waals surface area (Å²) in [6.45, 7) is 3.24. The second-order valence-electron chi connectivity index (χ2n) is 7.69. The number of nitrogens with two attached hydrogens (primary N) is 1. The molecule has 4 heterocycles. The monoisotopic (exact) mass is 465 g/mol. The quantitative estimate of drug-likeness (QED) is 0.593. The minimum absolute atomic E-state index is 0. The zero-order chi connectivity index (χ0) is 20.0. The summed E-state index contributed by atoms with van der Waals surface area (Å²) < 4.78 is 8.04. The van der Waals surface area contributed by atoms with Gasteiger partial charge in [0.25, 0.3) is 0 Å². The molecule has 2 aromatic heterocycles. The molecule has 0 saturated carbocycles. The molecule has 1 unspecified atom stereocenters. The number of ether oxygens (including phenoxy) is 1. The van der Waals surface area contributed by atoms with Gasteiger partial charge >= 0.3 is 0 Å². The number of benzene rings is 1. The lowest BCUT2D eigenvalue weighted by atomic mass is 9.82. The van der Waals surface area contributed by atoms with E-state index in [9.17, 15) is 0 Å². The van der Waals surface area contributed by atoms with Crippen LogP contribution in [-0.4, -0.2) is 27.9 Å². The van der Waals surface area contributed by atoms with Crippen LogP contribution < -0.4 is 15.8 Å². The summed E-state index contributed by atoms with van der Waals surface area (Å²) >= 11 is 12.5. The fourth-order valence-corrected chi connectivity index (χ4v) is 4.82. The average molecular weight is 467 g/mol. The highest BCUT2D eigenvalue weighted by atomic mass is 35.5. The van der Waals surface area contributed by atoms with Crippen molar-refractivity contribution < 1.29 is 4.74 Å². The third kappa shape index (κ3) is 3.62. The SMILES string of the molecule is Cl.Nc1ncc(-c2cc3n(n2)CCC32CCNC2)cc1OCc1c(Cl)cccc1Cl. The molecule has 9 heteroatoms. The lowest BCUT2D eigenvalue weighted by Crippen LogP contribution is -2.25. The number of hydrogen-bond donors (Lipinski definition) is 2. The number of hydrogen-bond acceptors (Lipinski definition) is 5. The highest BCUT2D eigenvalue weighted by Gasteiger charge is 2.42. The van der Waals surface area contributed by atoms with Gasteiger partial charge in [-0.2, -0.15) is 5.10 Å². The summed E-state index contributed by atoms with van der Waals surface area (Å²) in [5, 5.41) is 9.41. The van der Waals surface area contributed by atoms with Crippen LogP contribution in [0.3, 0.4) is 0 Å².